The molecule has 1 heterocycles. The van der Waals surface area contributed by atoms with Gasteiger partial charge in [-0.15, -0.1) is 0 Å². The van der Waals surface area contributed by atoms with Gasteiger partial charge in [0, 0.05) is 36.2 Å². The Hall–Kier alpha value is -2.62. The van der Waals surface area contributed by atoms with E-state index in [1.54, 1.807) is 26.2 Å². The van der Waals surface area contributed by atoms with E-state index in [-0.39, 0.29) is 11.2 Å². The zero-order valence-electron chi connectivity index (χ0n) is 17.0. The molecule has 2 aromatic carbocycles. The second-order valence-electron chi connectivity index (χ2n) is 6.33. The molecule has 3 nitrogen and oxygen atoms in total. The second-order valence-corrected chi connectivity index (χ2v) is 6.33. The van der Waals surface area contributed by atoms with E-state index in [9.17, 15) is 9.18 Å². The number of halogens is 1. The highest BCUT2D eigenvalue weighted by atomic mass is 19.1. The van der Waals surface area contributed by atoms with Crippen LogP contribution < -0.4 is 10.2 Å². The summed E-state index contributed by atoms with van der Waals surface area (Å²) in [7, 11) is 1.60. The minimum atomic E-state index is -0.208. The summed E-state index contributed by atoms with van der Waals surface area (Å²) in [6, 6.07) is 9.09. The van der Waals surface area contributed by atoms with Gasteiger partial charge < -0.3 is 9.30 Å². The van der Waals surface area contributed by atoms with Crippen LogP contribution in [-0.4, -0.2) is 11.7 Å². The van der Waals surface area contributed by atoms with Crippen LogP contribution in [0.3, 0.4) is 0 Å². The first-order valence-corrected chi connectivity index (χ1v) is 9.41. The van der Waals surface area contributed by atoms with Crippen LogP contribution in [0.5, 0.6) is 5.75 Å². The Kier molecular flexibility index (Phi) is 6.78. The van der Waals surface area contributed by atoms with Crippen molar-refractivity contribution in [3.8, 4) is 5.75 Å². The summed E-state index contributed by atoms with van der Waals surface area (Å²) in [5.41, 5.74) is 3.57. The van der Waals surface area contributed by atoms with Gasteiger partial charge in [-0.2, -0.15) is 0 Å². The van der Waals surface area contributed by atoms with Crippen LogP contribution in [0.4, 0.5) is 4.39 Å². The van der Waals surface area contributed by atoms with Gasteiger partial charge in [0.15, 0.2) is 5.43 Å². The van der Waals surface area contributed by atoms with Crippen LogP contribution in [0.25, 0.3) is 10.9 Å². The van der Waals surface area contributed by atoms with Gasteiger partial charge in [-0.1, -0.05) is 32.0 Å². The summed E-state index contributed by atoms with van der Waals surface area (Å²) in [5.74, 6) is 0.457. The van der Waals surface area contributed by atoms with E-state index >= 15 is 0 Å². The molecule has 3 rings (SSSR count). The topological polar surface area (TPSA) is 31.2 Å². The number of aromatic nitrogens is 1. The Bertz CT molecular complexity index is 1010. The van der Waals surface area contributed by atoms with Crippen molar-refractivity contribution in [2.45, 2.75) is 47.6 Å². The maximum atomic E-state index is 14.4. The molecule has 1 aromatic heterocycles. The average Bonchev–Trinajstić information content (AvgIpc) is 2.69. The molecule has 0 fully saturated rings. The minimum absolute atomic E-state index is 0.00770. The van der Waals surface area contributed by atoms with E-state index < -0.39 is 0 Å². The Balaban J connectivity index is 0.00000126. The monoisotopic (exact) mass is 369 g/mol. The van der Waals surface area contributed by atoms with E-state index in [1.807, 2.05) is 56.7 Å². The molecule has 0 unspecified atom stereocenters. The first-order chi connectivity index (χ1) is 13.0. The number of benzene rings is 2. The van der Waals surface area contributed by atoms with Crippen LogP contribution in [0.15, 0.2) is 41.3 Å². The maximum Gasteiger partial charge on any atom is 0.192 e. The van der Waals surface area contributed by atoms with Crippen LogP contribution >= 0.6 is 0 Å². The summed E-state index contributed by atoms with van der Waals surface area (Å²) in [6.45, 7) is 10.4. The van der Waals surface area contributed by atoms with Crippen LogP contribution in [0, 0.1) is 19.7 Å². The molecule has 4 heteroatoms. The number of rotatable bonds is 4. The number of fused-ring (bicyclic) bond motifs is 1. The largest absolute Gasteiger partial charge is 0.496 e. The zero-order valence-corrected chi connectivity index (χ0v) is 17.0. The fraction of sp³-hybridized carbons (Fsp3) is 0.348. The van der Waals surface area contributed by atoms with Crippen molar-refractivity contribution in [2.24, 2.45) is 0 Å². The smallest absolute Gasteiger partial charge is 0.192 e. The molecule has 0 aliphatic carbocycles. The van der Waals surface area contributed by atoms with Crippen LogP contribution in [-0.2, 0) is 13.0 Å². The third-order valence-electron chi connectivity index (χ3n) is 4.65. The number of methoxy groups -OCH3 is 1. The van der Waals surface area contributed by atoms with Crippen molar-refractivity contribution in [3.63, 3.8) is 0 Å². The zero-order chi connectivity index (χ0) is 20.1. The van der Waals surface area contributed by atoms with Crippen molar-refractivity contribution in [1.82, 2.24) is 4.57 Å². The fourth-order valence-electron chi connectivity index (χ4n) is 3.25. The Morgan fingerprint density at radius 3 is 2.41 bits per heavy atom. The lowest BCUT2D eigenvalue weighted by atomic mass is 9.99. The maximum absolute atomic E-state index is 14.4. The lowest BCUT2D eigenvalue weighted by molar-refractivity contribution is 0.410. The van der Waals surface area contributed by atoms with Crippen molar-refractivity contribution in [2.75, 3.05) is 7.11 Å². The average molecular weight is 369 g/mol. The van der Waals surface area contributed by atoms with Crippen LogP contribution in [0.1, 0.15) is 43.0 Å². The van der Waals surface area contributed by atoms with Crippen molar-refractivity contribution in [3.05, 3.63) is 74.8 Å². The molecule has 0 spiro atoms. The molecule has 0 aliphatic heterocycles. The highest BCUT2D eigenvalue weighted by molar-refractivity contribution is 5.82. The van der Waals surface area contributed by atoms with Gasteiger partial charge in [0.1, 0.15) is 11.6 Å². The van der Waals surface area contributed by atoms with E-state index in [1.165, 1.54) is 0 Å². The van der Waals surface area contributed by atoms with Gasteiger partial charge in [-0.05, 0) is 43.5 Å². The number of hydrogen-bond donors (Lipinski definition) is 0. The lowest BCUT2D eigenvalue weighted by Crippen LogP contribution is -2.12. The molecule has 0 saturated carbocycles. The molecule has 0 radical (unpaired) electrons. The van der Waals surface area contributed by atoms with E-state index in [0.717, 1.165) is 17.6 Å². The molecule has 3 aromatic rings. The standard InChI is InChI=1S/C21H22FNO2.C2H6/c1-5-23-12-14(3)21(24)17-10-16(19(25-4)11-18(17)23)9-15-8-6-7-13(2)20(15)22;1-2/h6-8,10-12H,5,9H2,1-4H3;1-2H3. The van der Waals surface area contributed by atoms with Gasteiger partial charge in [-0.25, -0.2) is 4.39 Å². The Morgan fingerprint density at radius 1 is 1.07 bits per heavy atom. The van der Waals surface area contributed by atoms with Gasteiger partial charge in [0.2, 0.25) is 0 Å². The first kappa shape index (κ1) is 20.7. The molecular formula is C23H28FNO2. The number of ether oxygens (including phenoxy) is 1. The third-order valence-corrected chi connectivity index (χ3v) is 4.65. The van der Waals surface area contributed by atoms with Gasteiger partial charge >= 0.3 is 0 Å². The predicted molar refractivity (Wildman–Crippen MR) is 110 cm³/mol. The SMILES string of the molecule is CC.CCn1cc(C)c(=O)c2cc(Cc3cccc(C)c3F)c(OC)cc21. The third kappa shape index (κ3) is 4.05. The summed E-state index contributed by atoms with van der Waals surface area (Å²) < 4.78 is 22.0. The molecular weight excluding hydrogens is 341 g/mol. The highest BCUT2D eigenvalue weighted by Crippen LogP contribution is 2.28. The van der Waals surface area contributed by atoms with E-state index in [4.69, 9.17) is 4.74 Å². The molecule has 0 N–H and O–H groups in total. The van der Waals surface area contributed by atoms with Gasteiger partial charge in [0.25, 0.3) is 0 Å². The quantitative estimate of drug-likeness (QED) is 0.616. The second kappa shape index (κ2) is 8.85. The van der Waals surface area contributed by atoms with Crippen molar-refractivity contribution < 1.29 is 9.13 Å². The molecule has 0 amide bonds. The molecule has 0 bridgehead atoms. The molecule has 27 heavy (non-hydrogen) atoms. The molecule has 0 atom stereocenters. The molecule has 0 saturated heterocycles. The van der Waals surface area contributed by atoms with Crippen molar-refractivity contribution >= 4 is 10.9 Å². The normalized spacial score (nSPS) is 10.5. The molecule has 0 aliphatic rings. The van der Waals surface area contributed by atoms with E-state index in [2.05, 4.69) is 0 Å². The fourth-order valence-corrected chi connectivity index (χ4v) is 3.25. The number of pyridine rings is 1. The van der Waals surface area contributed by atoms with Gasteiger partial charge in [-0.3, -0.25) is 4.79 Å². The lowest BCUT2D eigenvalue weighted by Gasteiger charge is -2.15. The summed E-state index contributed by atoms with van der Waals surface area (Å²) >= 11 is 0. The summed E-state index contributed by atoms with van der Waals surface area (Å²) in [6.07, 6.45) is 2.25. The predicted octanol–water partition coefficient (Wildman–Crippen LogP) is 5.40. The number of nitrogens with zero attached hydrogens (tertiary/aromatic N) is 1. The first-order valence-electron chi connectivity index (χ1n) is 9.41. The minimum Gasteiger partial charge on any atom is -0.496 e. The van der Waals surface area contributed by atoms with Crippen molar-refractivity contribution in [1.29, 1.82) is 0 Å². The van der Waals surface area contributed by atoms with Crippen LogP contribution in [0.2, 0.25) is 0 Å². The number of aryl methyl sites for hydroxylation is 3. The van der Waals surface area contributed by atoms with E-state index in [0.29, 0.717) is 34.2 Å². The Labute approximate surface area is 160 Å². The molecule has 144 valence electrons. The highest BCUT2D eigenvalue weighted by Gasteiger charge is 2.14. The summed E-state index contributed by atoms with van der Waals surface area (Å²) in [4.78, 5) is 12.6. The summed E-state index contributed by atoms with van der Waals surface area (Å²) in [5, 5.41) is 0.644. The number of hydrogen-bond acceptors (Lipinski definition) is 2. The van der Waals surface area contributed by atoms with Gasteiger partial charge in [0.05, 0.1) is 12.6 Å². The Morgan fingerprint density at radius 2 is 1.78 bits per heavy atom.